The number of methoxy groups -OCH3 is 1. The zero-order valence-corrected chi connectivity index (χ0v) is 12.1. The summed E-state index contributed by atoms with van der Waals surface area (Å²) >= 11 is 0. The zero-order valence-electron chi connectivity index (χ0n) is 12.1. The largest absolute Gasteiger partial charge is 0.494 e. The lowest BCUT2D eigenvalue weighted by Gasteiger charge is -2.11. The molecule has 0 aliphatic heterocycles. The summed E-state index contributed by atoms with van der Waals surface area (Å²) in [5.41, 5.74) is 0.555. The van der Waals surface area contributed by atoms with Crippen LogP contribution in [0.3, 0.4) is 0 Å². The standard InChI is InChI=1S/C15H23NO4/c1-3-9-20-14-6-4-5-12(10-14)15(18)16-8-7-13(17)11-19-2/h4-6,10,13,17H,3,7-9,11H2,1-2H3,(H,16,18). The van der Waals surface area contributed by atoms with E-state index in [0.29, 0.717) is 30.9 Å². The number of hydrogen-bond donors (Lipinski definition) is 2. The minimum absolute atomic E-state index is 0.170. The minimum atomic E-state index is -0.556. The van der Waals surface area contributed by atoms with E-state index in [1.165, 1.54) is 7.11 Å². The maximum Gasteiger partial charge on any atom is 0.251 e. The number of ether oxygens (including phenoxy) is 2. The van der Waals surface area contributed by atoms with Crippen molar-refractivity contribution in [1.29, 1.82) is 0 Å². The highest BCUT2D eigenvalue weighted by atomic mass is 16.5. The van der Waals surface area contributed by atoms with Gasteiger partial charge in [-0.3, -0.25) is 4.79 Å². The Kier molecular flexibility index (Phi) is 7.69. The van der Waals surface area contributed by atoms with Crippen LogP contribution in [0.25, 0.3) is 0 Å². The Morgan fingerprint density at radius 1 is 1.45 bits per heavy atom. The highest BCUT2D eigenvalue weighted by Crippen LogP contribution is 2.13. The van der Waals surface area contributed by atoms with Gasteiger partial charge in [-0.05, 0) is 31.0 Å². The molecule has 0 spiro atoms. The molecule has 112 valence electrons. The van der Waals surface area contributed by atoms with Crippen molar-refractivity contribution in [3.8, 4) is 5.75 Å². The van der Waals surface area contributed by atoms with E-state index in [0.717, 1.165) is 6.42 Å². The van der Waals surface area contributed by atoms with Crippen LogP contribution in [-0.2, 0) is 4.74 Å². The molecule has 20 heavy (non-hydrogen) atoms. The molecule has 1 amide bonds. The van der Waals surface area contributed by atoms with E-state index >= 15 is 0 Å². The first-order chi connectivity index (χ1) is 9.67. The Bertz CT molecular complexity index is 409. The van der Waals surface area contributed by atoms with Crippen LogP contribution in [0, 0.1) is 0 Å². The van der Waals surface area contributed by atoms with Gasteiger partial charge >= 0.3 is 0 Å². The normalized spacial score (nSPS) is 11.9. The summed E-state index contributed by atoms with van der Waals surface area (Å²) in [7, 11) is 1.53. The van der Waals surface area contributed by atoms with Crippen LogP contribution < -0.4 is 10.1 Å². The second-order valence-electron chi connectivity index (χ2n) is 4.53. The molecule has 0 saturated heterocycles. The number of carbonyl (C=O) groups is 1. The molecule has 1 aromatic rings. The third-order valence-electron chi connectivity index (χ3n) is 2.69. The van der Waals surface area contributed by atoms with Crippen LogP contribution in [0.15, 0.2) is 24.3 Å². The molecule has 0 aliphatic rings. The maximum absolute atomic E-state index is 11.9. The van der Waals surface area contributed by atoms with Gasteiger partial charge in [0.1, 0.15) is 5.75 Å². The molecule has 0 fully saturated rings. The average Bonchev–Trinajstić information content (AvgIpc) is 2.45. The van der Waals surface area contributed by atoms with Crippen molar-refractivity contribution >= 4 is 5.91 Å². The van der Waals surface area contributed by atoms with E-state index < -0.39 is 6.10 Å². The Morgan fingerprint density at radius 2 is 2.25 bits per heavy atom. The Morgan fingerprint density at radius 3 is 2.95 bits per heavy atom. The lowest BCUT2D eigenvalue weighted by atomic mass is 10.2. The topological polar surface area (TPSA) is 67.8 Å². The van der Waals surface area contributed by atoms with Crippen LogP contribution in [0.5, 0.6) is 5.75 Å². The summed E-state index contributed by atoms with van der Waals surface area (Å²) in [6, 6.07) is 7.07. The van der Waals surface area contributed by atoms with Crippen LogP contribution in [0.1, 0.15) is 30.1 Å². The first-order valence-electron chi connectivity index (χ1n) is 6.85. The van der Waals surface area contributed by atoms with Gasteiger partial charge < -0.3 is 19.9 Å². The summed E-state index contributed by atoms with van der Waals surface area (Å²) in [5, 5.41) is 12.2. The molecular formula is C15H23NO4. The predicted octanol–water partition coefficient (Wildman–Crippen LogP) is 1.60. The highest BCUT2D eigenvalue weighted by Gasteiger charge is 2.08. The van der Waals surface area contributed by atoms with Gasteiger partial charge in [-0.15, -0.1) is 0 Å². The second-order valence-corrected chi connectivity index (χ2v) is 4.53. The van der Waals surface area contributed by atoms with Gasteiger partial charge in [-0.2, -0.15) is 0 Å². The second kappa shape index (κ2) is 9.34. The molecule has 5 nitrogen and oxygen atoms in total. The van der Waals surface area contributed by atoms with Gasteiger partial charge in [0.2, 0.25) is 0 Å². The first kappa shape index (κ1) is 16.5. The number of hydrogen-bond acceptors (Lipinski definition) is 4. The quantitative estimate of drug-likeness (QED) is 0.721. The van der Waals surface area contributed by atoms with E-state index in [1.807, 2.05) is 13.0 Å². The molecule has 0 heterocycles. The molecule has 5 heteroatoms. The third kappa shape index (κ3) is 6.04. The van der Waals surface area contributed by atoms with Crippen LogP contribution in [-0.4, -0.2) is 44.0 Å². The number of aliphatic hydroxyl groups is 1. The summed E-state index contributed by atoms with van der Waals surface area (Å²) in [6.07, 6.45) is 0.832. The molecule has 0 radical (unpaired) electrons. The van der Waals surface area contributed by atoms with E-state index in [4.69, 9.17) is 9.47 Å². The molecule has 1 unspecified atom stereocenters. The van der Waals surface area contributed by atoms with Gasteiger partial charge in [0.25, 0.3) is 5.91 Å². The lowest BCUT2D eigenvalue weighted by Crippen LogP contribution is -2.28. The lowest BCUT2D eigenvalue weighted by molar-refractivity contribution is 0.0587. The molecular weight excluding hydrogens is 258 g/mol. The van der Waals surface area contributed by atoms with E-state index in [-0.39, 0.29) is 12.5 Å². The van der Waals surface area contributed by atoms with Crippen molar-refractivity contribution in [3.63, 3.8) is 0 Å². The first-order valence-corrected chi connectivity index (χ1v) is 6.85. The Balaban J connectivity index is 2.42. The number of benzene rings is 1. The molecule has 1 aromatic carbocycles. The number of amides is 1. The summed E-state index contributed by atoms with van der Waals surface area (Å²) < 4.78 is 10.3. The monoisotopic (exact) mass is 281 g/mol. The van der Waals surface area contributed by atoms with Crippen molar-refractivity contribution in [1.82, 2.24) is 5.32 Å². The number of rotatable bonds is 9. The number of carbonyl (C=O) groups excluding carboxylic acids is 1. The van der Waals surface area contributed by atoms with Gasteiger partial charge in [-0.1, -0.05) is 13.0 Å². The predicted molar refractivity (Wildman–Crippen MR) is 77.1 cm³/mol. The van der Waals surface area contributed by atoms with Crippen LogP contribution >= 0.6 is 0 Å². The van der Waals surface area contributed by atoms with E-state index in [9.17, 15) is 9.90 Å². The molecule has 1 atom stereocenters. The van der Waals surface area contributed by atoms with E-state index in [2.05, 4.69) is 5.32 Å². The van der Waals surface area contributed by atoms with E-state index in [1.54, 1.807) is 18.2 Å². The van der Waals surface area contributed by atoms with Crippen molar-refractivity contribution < 1.29 is 19.4 Å². The van der Waals surface area contributed by atoms with Crippen molar-refractivity contribution in [2.75, 3.05) is 26.9 Å². The average molecular weight is 281 g/mol. The van der Waals surface area contributed by atoms with Gasteiger partial charge in [-0.25, -0.2) is 0 Å². The van der Waals surface area contributed by atoms with Gasteiger partial charge in [0.05, 0.1) is 19.3 Å². The Hall–Kier alpha value is -1.59. The van der Waals surface area contributed by atoms with Crippen molar-refractivity contribution in [3.05, 3.63) is 29.8 Å². The highest BCUT2D eigenvalue weighted by molar-refractivity contribution is 5.94. The summed E-state index contributed by atoms with van der Waals surface area (Å²) in [4.78, 5) is 11.9. The van der Waals surface area contributed by atoms with Crippen LogP contribution in [0.4, 0.5) is 0 Å². The molecule has 0 aromatic heterocycles. The fourth-order valence-corrected chi connectivity index (χ4v) is 1.68. The number of nitrogens with one attached hydrogen (secondary N) is 1. The molecule has 1 rings (SSSR count). The van der Waals surface area contributed by atoms with Crippen LogP contribution in [0.2, 0.25) is 0 Å². The van der Waals surface area contributed by atoms with Crippen molar-refractivity contribution in [2.24, 2.45) is 0 Å². The fourth-order valence-electron chi connectivity index (χ4n) is 1.68. The Labute approximate surface area is 119 Å². The maximum atomic E-state index is 11.9. The smallest absolute Gasteiger partial charge is 0.251 e. The zero-order chi connectivity index (χ0) is 14.8. The molecule has 0 aliphatic carbocycles. The summed E-state index contributed by atoms with van der Waals surface area (Å²) in [6.45, 7) is 3.34. The summed E-state index contributed by atoms with van der Waals surface area (Å²) in [5.74, 6) is 0.524. The minimum Gasteiger partial charge on any atom is -0.494 e. The third-order valence-corrected chi connectivity index (χ3v) is 2.69. The van der Waals surface area contributed by atoms with Gasteiger partial charge in [0, 0.05) is 19.2 Å². The number of aliphatic hydroxyl groups excluding tert-OH is 1. The molecule has 2 N–H and O–H groups in total. The fraction of sp³-hybridized carbons (Fsp3) is 0.533. The SMILES string of the molecule is CCCOc1cccc(C(=O)NCCC(O)COC)c1. The molecule has 0 bridgehead atoms. The van der Waals surface area contributed by atoms with Gasteiger partial charge in [0.15, 0.2) is 0 Å². The molecule has 0 saturated carbocycles. The van der Waals surface area contributed by atoms with Crippen molar-refractivity contribution in [2.45, 2.75) is 25.9 Å².